The molecule has 0 bridgehead atoms. The largest absolute Gasteiger partial charge is 0.393 e. The molecule has 9 nitrogen and oxygen atoms in total. The number of nitrogens with zero attached hydrogens (tertiary/aromatic N) is 2. The van der Waals surface area contributed by atoms with E-state index in [0.717, 1.165) is 4.31 Å². The number of carbonyl (C=O) groups excluding carboxylic acids is 2. The van der Waals surface area contributed by atoms with Crippen LogP contribution in [0.15, 0.2) is 24.3 Å². The zero-order chi connectivity index (χ0) is 32.4. The molecule has 1 fully saturated rings. The number of benzene rings is 2. The summed E-state index contributed by atoms with van der Waals surface area (Å²) in [6.45, 7) is 14.9. The summed E-state index contributed by atoms with van der Waals surface area (Å²) < 4.78 is 43.8. The van der Waals surface area contributed by atoms with E-state index >= 15 is 0 Å². The smallest absolute Gasteiger partial charge is 0.345 e. The number of nitrogens with one attached hydrogen (secondary N) is 2. The number of amides is 4. The summed E-state index contributed by atoms with van der Waals surface area (Å²) in [5.74, 6) is -1.10. The van der Waals surface area contributed by atoms with Crippen LogP contribution in [-0.4, -0.2) is 53.4 Å². The zero-order valence-electron chi connectivity index (χ0n) is 26.2. The Balaban J connectivity index is 2.16. The van der Waals surface area contributed by atoms with E-state index in [1.54, 1.807) is 12.1 Å². The summed E-state index contributed by atoms with van der Waals surface area (Å²) in [6, 6.07) is 3.64. The van der Waals surface area contributed by atoms with Crippen LogP contribution in [0, 0.1) is 5.82 Å². The zero-order valence-corrected chi connectivity index (χ0v) is 27.7. The van der Waals surface area contributed by atoms with Crippen molar-refractivity contribution in [2.75, 3.05) is 23.7 Å². The topological polar surface area (TPSA) is 119 Å². The highest BCUT2D eigenvalue weighted by Gasteiger charge is 2.41. The van der Waals surface area contributed by atoms with Gasteiger partial charge in [0.2, 0.25) is 0 Å². The maximum absolute atomic E-state index is 14.6. The van der Waals surface area contributed by atoms with Crippen molar-refractivity contribution in [2.24, 2.45) is 0 Å². The molecule has 4 amide bonds. The highest BCUT2D eigenvalue weighted by atomic mass is 35.5. The van der Waals surface area contributed by atoms with Crippen molar-refractivity contribution in [1.29, 1.82) is 0 Å². The van der Waals surface area contributed by atoms with Gasteiger partial charge in [0.1, 0.15) is 5.82 Å². The highest BCUT2D eigenvalue weighted by molar-refractivity contribution is 7.87. The molecule has 0 saturated carbocycles. The number of rotatable bonds is 8. The van der Waals surface area contributed by atoms with E-state index in [1.165, 1.54) is 12.1 Å². The number of aliphatic hydroxyl groups excluding tert-OH is 1. The Labute approximate surface area is 260 Å². The molecule has 0 spiro atoms. The number of anilines is 2. The van der Waals surface area contributed by atoms with Crippen molar-refractivity contribution in [3.63, 3.8) is 0 Å². The Hall–Kier alpha value is -2.73. The summed E-state index contributed by atoms with van der Waals surface area (Å²) in [5.41, 5.74) is 2.96. The average molecular weight is 639 g/mol. The van der Waals surface area contributed by atoms with Crippen LogP contribution in [0.4, 0.5) is 25.4 Å². The Bertz CT molecular complexity index is 1310. The van der Waals surface area contributed by atoms with Crippen molar-refractivity contribution in [2.45, 2.75) is 98.0 Å². The minimum absolute atomic E-state index is 0.0684. The average Bonchev–Trinajstić information content (AvgIpc) is 2.89. The fraction of sp³-hybridized carbons (Fsp3) is 0.548. The SMILES string of the molecule is CC(C)c1cc(F)cc(C(C)C)c1NC(=O)N(C(=O)Nc1c(C(C)C)cc(Cl)cc1C(C)C)S(=O)(=O)N1CCC(O)CC1. The number of hydrogen-bond donors (Lipinski definition) is 3. The maximum Gasteiger partial charge on any atom is 0.345 e. The second kappa shape index (κ2) is 13.9. The van der Waals surface area contributed by atoms with Gasteiger partial charge in [-0.2, -0.15) is 12.7 Å². The molecule has 1 heterocycles. The monoisotopic (exact) mass is 638 g/mol. The van der Waals surface area contributed by atoms with Gasteiger partial charge in [-0.05, 0) is 83.0 Å². The van der Waals surface area contributed by atoms with Gasteiger partial charge in [-0.25, -0.2) is 14.0 Å². The van der Waals surface area contributed by atoms with Crippen LogP contribution in [0.5, 0.6) is 0 Å². The lowest BCUT2D eigenvalue weighted by Crippen LogP contribution is -2.54. The van der Waals surface area contributed by atoms with Gasteiger partial charge in [0.25, 0.3) is 0 Å². The Morgan fingerprint density at radius 2 is 1.16 bits per heavy atom. The Morgan fingerprint density at radius 3 is 1.51 bits per heavy atom. The van der Waals surface area contributed by atoms with Crippen molar-refractivity contribution in [1.82, 2.24) is 8.61 Å². The number of hydrogen-bond acceptors (Lipinski definition) is 5. The first-order valence-electron chi connectivity index (χ1n) is 14.7. The van der Waals surface area contributed by atoms with Crippen LogP contribution >= 0.6 is 11.6 Å². The van der Waals surface area contributed by atoms with E-state index in [4.69, 9.17) is 11.6 Å². The van der Waals surface area contributed by atoms with Gasteiger partial charge in [-0.15, -0.1) is 4.31 Å². The van der Waals surface area contributed by atoms with Crippen LogP contribution in [0.1, 0.15) is 114 Å². The highest BCUT2D eigenvalue weighted by Crippen LogP contribution is 2.37. The minimum atomic E-state index is -4.70. The van der Waals surface area contributed by atoms with E-state index in [2.05, 4.69) is 10.6 Å². The number of imide groups is 1. The predicted molar refractivity (Wildman–Crippen MR) is 170 cm³/mol. The van der Waals surface area contributed by atoms with Gasteiger partial charge >= 0.3 is 22.3 Å². The number of piperidine rings is 1. The molecule has 43 heavy (non-hydrogen) atoms. The molecule has 12 heteroatoms. The van der Waals surface area contributed by atoms with Crippen molar-refractivity contribution >= 4 is 45.2 Å². The molecule has 0 unspecified atom stereocenters. The number of aliphatic hydroxyl groups is 1. The molecule has 1 aliphatic heterocycles. The van der Waals surface area contributed by atoms with Gasteiger partial charge < -0.3 is 15.7 Å². The van der Waals surface area contributed by atoms with Crippen molar-refractivity contribution < 1.29 is 27.5 Å². The summed E-state index contributed by atoms with van der Waals surface area (Å²) in [5, 5.41) is 15.8. The quantitative estimate of drug-likeness (QED) is 0.273. The van der Waals surface area contributed by atoms with Crippen LogP contribution in [-0.2, 0) is 10.2 Å². The third-order valence-corrected chi connectivity index (χ3v) is 9.66. The normalized spacial score (nSPS) is 15.0. The third-order valence-electron chi connectivity index (χ3n) is 7.63. The summed E-state index contributed by atoms with van der Waals surface area (Å²) in [6.07, 6.45) is -0.356. The van der Waals surface area contributed by atoms with Gasteiger partial charge in [-0.1, -0.05) is 67.0 Å². The number of halogens is 2. The fourth-order valence-corrected chi connectivity index (χ4v) is 6.86. The maximum atomic E-state index is 14.6. The molecular formula is C31H44ClFN4O5S. The van der Waals surface area contributed by atoms with Gasteiger partial charge in [-0.3, -0.25) is 0 Å². The van der Waals surface area contributed by atoms with Gasteiger partial charge in [0.05, 0.1) is 6.10 Å². The molecule has 1 aliphatic rings. The van der Waals surface area contributed by atoms with E-state index in [0.29, 0.717) is 33.0 Å². The Kier molecular flexibility index (Phi) is 11.3. The minimum Gasteiger partial charge on any atom is -0.393 e. The molecule has 2 aromatic rings. The van der Waals surface area contributed by atoms with Crippen molar-refractivity contribution in [3.8, 4) is 0 Å². The van der Waals surface area contributed by atoms with Crippen LogP contribution < -0.4 is 10.6 Å². The molecule has 0 atom stereocenters. The first kappa shape index (κ1) is 34.8. The van der Waals surface area contributed by atoms with Crippen LogP contribution in [0.3, 0.4) is 0 Å². The van der Waals surface area contributed by atoms with Crippen LogP contribution in [0.25, 0.3) is 0 Å². The van der Waals surface area contributed by atoms with Crippen LogP contribution in [0.2, 0.25) is 5.02 Å². The van der Waals surface area contributed by atoms with Gasteiger partial charge in [0, 0.05) is 29.5 Å². The summed E-state index contributed by atoms with van der Waals surface area (Å²) >= 11 is 6.39. The fourth-order valence-electron chi connectivity index (χ4n) is 5.22. The van der Waals surface area contributed by atoms with E-state index < -0.39 is 34.2 Å². The number of carbonyl (C=O) groups is 2. The third kappa shape index (κ3) is 7.87. The molecule has 3 rings (SSSR count). The molecule has 1 saturated heterocycles. The molecular weight excluding hydrogens is 595 g/mol. The van der Waals surface area contributed by atoms with E-state index in [9.17, 15) is 27.5 Å². The van der Waals surface area contributed by atoms with Gasteiger partial charge in [0.15, 0.2) is 0 Å². The Morgan fingerprint density at radius 1 is 0.814 bits per heavy atom. The first-order chi connectivity index (χ1) is 19.9. The first-order valence-corrected chi connectivity index (χ1v) is 16.5. The molecule has 0 aliphatic carbocycles. The van der Waals surface area contributed by atoms with Crippen molar-refractivity contribution in [3.05, 3.63) is 57.4 Å². The van der Waals surface area contributed by atoms with E-state index in [-0.39, 0.29) is 59.6 Å². The molecule has 238 valence electrons. The molecule has 2 aromatic carbocycles. The summed E-state index contributed by atoms with van der Waals surface area (Å²) in [7, 11) is -4.70. The lowest BCUT2D eigenvalue weighted by atomic mass is 9.92. The molecule has 3 N–H and O–H groups in total. The summed E-state index contributed by atoms with van der Waals surface area (Å²) in [4.78, 5) is 28.0. The number of urea groups is 2. The lowest BCUT2D eigenvalue weighted by molar-refractivity contribution is 0.111. The molecule has 0 aromatic heterocycles. The lowest BCUT2D eigenvalue weighted by Gasteiger charge is -2.33. The standard InChI is InChI=1S/C31H44ClFN4O5S/c1-17(2)24-13-21(32)14-25(18(3)4)28(24)34-30(39)37(43(41,42)36-11-9-23(38)10-12-36)31(40)35-29-26(19(5)6)15-22(33)16-27(29)20(7)8/h13-20,23,38H,9-12H2,1-8H3,(H,34,39)(H,35,40). The second-order valence-corrected chi connectivity index (χ2v) is 14.5. The second-order valence-electron chi connectivity index (χ2n) is 12.3. The molecule has 0 radical (unpaired) electrons. The predicted octanol–water partition coefficient (Wildman–Crippen LogP) is 7.74. The van der Waals surface area contributed by atoms with E-state index in [1.807, 2.05) is 55.4 Å².